The lowest BCUT2D eigenvalue weighted by Gasteiger charge is -2.23. The van der Waals surface area contributed by atoms with E-state index in [9.17, 15) is 4.79 Å². The molecule has 1 heterocycles. The van der Waals surface area contributed by atoms with Crippen molar-refractivity contribution in [2.75, 3.05) is 27.2 Å². The van der Waals surface area contributed by atoms with Crippen molar-refractivity contribution in [3.63, 3.8) is 0 Å². The van der Waals surface area contributed by atoms with E-state index in [2.05, 4.69) is 27.0 Å². The van der Waals surface area contributed by atoms with Crippen LogP contribution in [0, 0.1) is 0 Å². The van der Waals surface area contributed by atoms with Gasteiger partial charge >= 0.3 is 6.03 Å². The summed E-state index contributed by atoms with van der Waals surface area (Å²) in [6.07, 6.45) is 0.954. The van der Waals surface area contributed by atoms with Crippen molar-refractivity contribution in [3.05, 3.63) is 22.4 Å². The van der Waals surface area contributed by atoms with Gasteiger partial charge in [-0.2, -0.15) is 0 Å². The van der Waals surface area contributed by atoms with E-state index in [1.165, 1.54) is 4.88 Å². The molecule has 0 bridgehead atoms. The summed E-state index contributed by atoms with van der Waals surface area (Å²) in [5, 5.41) is 7.77. The van der Waals surface area contributed by atoms with Crippen molar-refractivity contribution >= 4 is 17.4 Å². The fourth-order valence-electron chi connectivity index (χ4n) is 1.51. The maximum absolute atomic E-state index is 11.5. The third-order valence-corrected chi connectivity index (χ3v) is 3.46. The van der Waals surface area contributed by atoms with E-state index < -0.39 is 0 Å². The highest BCUT2D eigenvalue weighted by Crippen LogP contribution is 2.22. The van der Waals surface area contributed by atoms with E-state index in [1.807, 2.05) is 27.1 Å². The summed E-state index contributed by atoms with van der Waals surface area (Å²) in [5.74, 6) is 0. The van der Waals surface area contributed by atoms with Gasteiger partial charge in [-0.15, -0.1) is 11.3 Å². The number of hydrogen-bond acceptors (Lipinski definition) is 3. The number of hydrogen-bond donors (Lipinski definition) is 2. The molecule has 4 nitrogen and oxygen atoms in total. The number of likely N-dealkylation sites (N-methyl/N-ethyl adjacent to an activating group) is 1. The number of carbonyl (C=O) groups is 1. The largest absolute Gasteiger partial charge is 0.338 e. The summed E-state index contributed by atoms with van der Waals surface area (Å²) in [6, 6.07) is 4.28. The Bertz CT molecular complexity index is 325. The van der Waals surface area contributed by atoms with Crippen molar-refractivity contribution in [1.29, 1.82) is 0 Å². The minimum absolute atomic E-state index is 0.0877. The molecular weight excluding hydrogens is 234 g/mol. The second-order valence-corrected chi connectivity index (χ2v) is 5.11. The Morgan fingerprint density at radius 2 is 2.24 bits per heavy atom. The van der Waals surface area contributed by atoms with E-state index in [0.717, 1.165) is 13.0 Å². The van der Waals surface area contributed by atoms with Gasteiger partial charge in [0.2, 0.25) is 0 Å². The highest BCUT2D eigenvalue weighted by Gasteiger charge is 2.15. The van der Waals surface area contributed by atoms with Gasteiger partial charge in [0.1, 0.15) is 0 Å². The summed E-state index contributed by atoms with van der Waals surface area (Å²) < 4.78 is 0. The van der Waals surface area contributed by atoms with Crippen molar-refractivity contribution in [1.82, 2.24) is 15.5 Å². The van der Waals surface area contributed by atoms with Crippen LogP contribution in [0.2, 0.25) is 0 Å². The number of amides is 2. The fourth-order valence-corrected chi connectivity index (χ4v) is 2.43. The lowest BCUT2D eigenvalue weighted by atomic mass is 10.2. The molecule has 1 rings (SSSR count). The molecule has 0 fully saturated rings. The van der Waals surface area contributed by atoms with Crippen LogP contribution in [0.4, 0.5) is 4.79 Å². The number of urea groups is 1. The van der Waals surface area contributed by atoms with E-state index in [0.29, 0.717) is 6.54 Å². The van der Waals surface area contributed by atoms with Gasteiger partial charge in [0.15, 0.2) is 0 Å². The Labute approximate surface area is 107 Å². The molecule has 17 heavy (non-hydrogen) atoms. The zero-order chi connectivity index (χ0) is 12.7. The van der Waals surface area contributed by atoms with Crippen molar-refractivity contribution in [2.45, 2.75) is 19.4 Å². The van der Waals surface area contributed by atoms with Gasteiger partial charge < -0.3 is 15.5 Å². The van der Waals surface area contributed by atoms with Crippen LogP contribution in [0.5, 0.6) is 0 Å². The monoisotopic (exact) mass is 255 g/mol. The Morgan fingerprint density at radius 1 is 1.47 bits per heavy atom. The molecule has 0 spiro atoms. The van der Waals surface area contributed by atoms with Gasteiger partial charge in [-0.05, 0) is 32.0 Å². The number of thiophene rings is 1. The van der Waals surface area contributed by atoms with E-state index in [-0.39, 0.29) is 12.1 Å². The van der Waals surface area contributed by atoms with Crippen LogP contribution < -0.4 is 10.6 Å². The molecule has 0 aliphatic heterocycles. The summed E-state index contributed by atoms with van der Waals surface area (Å²) in [7, 11) is 4.05. The highest BCUT2D eigenvalue weighted by atomic mass is 32.1. The smallest absolute Gasteiger partial charge is 0.314 e. The van der Waals surface area contributed by atoms with E-state index in [1.54, 1.807) is 11.3 Å². The van der Waals surface area contributed by atoms with Crippen LogP contribution in [-0.4, -0.2) is 38.1 Å². The quantitative estimate of drug-likeness (QED) is 0.817. The zero-order valence-corrected chi connectivity index (χ0v) is 11.5. The molecule has 1 aromatic rings. The molecule has 5 heteroatoms. The Morgan fingerprint density at radius 3 is 2.76 bits per heavy atom. The molecule has 1 atom stereocenters. The predicted molar refractivity (Wildman–Crippen MR) is 72.4 cm³/mol. The average Bonchev–Trinajstić information content (AvgIpc) is 2.79. The minimum atomic E-state index is -0.0877. The third kappa shape index (κ3) is 4.75. The summed E-state index contributed by atoms with van der Waals surface area (Å²) in [5.41, 5.74) is 0. The lowest BCUT2D eigenvalue weighted by molar-refractivity contribution is 0.233. The second-order valence-electron chi connectivity index (χ2n) is 4.13. The molecule has 0 aromatic carbocycles. The fraction of sp³-hybridized carbons (Fsp3) is 0.583. The zero-order valence-electron chi connectivity index (χ0n) is 10.7. The third-order valence-electron chi connectivity index (χ3n) is 2.49. The van der Waals surface area contributed by atoms with Crippen LogP contribution in [0.3, 0.4) is 0 Å². The second kappa shape index (κ2) is 7.29. The van der Waals surface area contributed by atoms with Gasteiger partial charge in [-0.3, -0.25) is 0 Å². The van der Waals surface area contributed by atoms with Crippen LogP contribution in [-0.2, 0) is 0 Å². The first-order chi connectivity index (χ1) is 8.15. The molecule has 0 saturated carbocycles. The van der Waals surface area contributed by atoms with Crippen molar-refractivity contribution < 1.29 is 4.79 Å². The molecular formula is C12H21N3OS. The molecule has 0 aliphatic carbocycles. The summed E-state index contributed by atoms with van der Waals surface area (Å²) in [6.45, 7) is 3.38. The van der Waals surface area contributed by atoms with Crippen LogP contribution in [0.15, 0.2) is 17.5 Å². The van der Waals surface area contributed by atoms with Gasteiger partial charge in [0, 0.05) is 18.0 Å². The maximum atomic E-state index is 11.5. The first-order valence-electron chi connectivity index (χ1n) is 5.86. The van der Waals surface area contributed by atoms with E-state index >= 15 is 0 Å². The molecule has 2 N–H and O–H groups in total. The van der Waals surface area contributed by atoms with Gasteiger partial charge in [-0.1, -0.05) is 13.0 Å². The standard InChI is InChI=1S/C12H21N3OS/c1-4-7-13-12(16)14-9-10(15(2)3)11-6-5-8-17-11/h5-6,8,10H,4,7,9H2,1-3H3,(H2,13,14,16). The average molecular weight is 255 g/mol. The SMILES string of the molecule is CCCNC(=O)NCC(c1cccs1)N(C)C. The first-order valence-corrected chi connectivity index (χ1v) is 6.74. The first kappa shape index (κ1) is 14.0. The molecule has 1 unspecified atom stereocenters. The van der Waals surface area contributed by atoms with Crippen LogP contribution in [0.25, 0.3) is 0 Å². The Kier molecular flexibility index (Phi) is 6.00. The van der Waals surface area contributed by atoms with Gasteiger partial charge in [0.25, 0.3) is 0 Å². The van der Waals surface area contributed by atoms with Crippen LogP contribution in [0.1, 0.15) is 24.3 Å². The number of carbonyl (C=O) groups excluding carboxylic acids is 1. The van der Waals surface area contributed by atoms with Gasteiger partial charge in [-0.25, -0.2) is 4.79 Å². The normalized spacial score (nSPS) is 12.5. The summed E-state index contributed by atoms with van der Waals surface area (Å²) >= 11 is 1.72. The topological polar surface area (TPSA) is 44.4 Å². The molecule has 96 valence electrons. The molecule has 1 aromatic heterocycles. The van der Waals surface area contributed by atoms with Crippen molar-refractivity contribution in [3.8, 4) is 0 Å². The number of nitrogens with zero attached hydrogens (tertiary/aromatic N) is 1. The highest BCUT2D eigenvalue weighted by molar-refractivity contribution is 7.10. The number of rotatable bonds is 6. The Hall–Kier alpha value is -1.07. The number of nitrogens with one attached hydrogen (secondary N) is 2. The molecule has 2 amide bonds. The molecule has 0 aliphatic rings. The molecule has 0 radical (unpaired) electrons. The Balaban J connectivity index is 2.43. The van der Waals surface area contributed by atoms with E-state index in [4.69, 9.17) is 0 Å². The maximum Gasteiger partial charge on any atom is 0.314 e. The lowest BCUT2D eigenvalue weighted by Crippen LogP contribution is -2.40. The predicted octanol–water partition coefficient (Wildman–Crippen LogP) is 2.06. The van der Waals surface area contributed by atoms with Crippen molar-refractivity contribution in [2.24, 2.45) is 0 Å². The van der Waals surface area contributed by atoms with Crippen LogP contribution >= 0.6 is 11.3 Å². The summed E-state index contributed by atoms with van der Waals surface area (Å²) in [4.78, 5) is 14.8. The van der Waals surface area contributed by atoms with Gasteiger partial charge in [0.05, 0.1) is 6.04 Å². The minimum Gasteiger partial charge on any atom is -0.338 e. The molecule has 0 saturated heterocycles.